The fourth-order valence-electron chi connectivity index (χ4n) is 1.62. The van der Waals surface area contributed by atoms with E-state index in [0.29, 0.717) is 11.2 Å². The summed E-state index contributed by atoms with van der Waals surface area (Å²) in [4.78, 5) is 4.32. The summed E-state index contributed by atoms with van der Waals surface area (Å²) in [5.74, 6) is 0.304. The first kappa shape index (κ1) is 12.0. The van der Waals surface area contributed by atoms with Crippen molar-refractivity contribution in [3.8, 4) is 17.0 Å². The Morgan fingerprint density at radius 3 is 2.76 bits per heavy atom. The summed E-state index contributed by atoms with van der Waals surface area (Å²) in [6.45, 7) is 0. The quantitative estimate of drug-likeness (QED) is 0.804. The Kier molecular flexibility index (Phi) is 3.74. The number of hydrogen-bond donors (Lipinski definition) is 0. The molecule has 0 saturated heterocycles. The van der Waals surface area contributed by atoms with Crippen LogP contribution in [-0.2, 0) is 5.33 Å². The van der Waals surface area contributed by atoms with Crippen molar-refractivity contribution in [3.05, 3.63) is 47.9 Å². The van der Waals surface area contributed by atoms with E-state index < -0.39 is 0 Å². The molecule has 0 radical (unpaired) electrons. The van der Waals surface area contributed by atoms with E-state index >= 15 is 0 Å². The molecule has 4 heteroatoms. The minimum Gasteiger partial charge on any atom is -0.481 e. The van der Waals surface area contributed by atoms with Crippen molar-refractivity contribution in [1.29, 1.82) is 0 Å². The van der Waals surface area contributed by atoms with E-state index in [9.17, 15) is 4.39 Å². The van der Waals surface area contributed by atoms with Crippen LogP contribution >= 0.6 is 15.9 Å². The molecule has 88 valence electrons. The maximum Gasteiger partial charge on any atom is 0.213 e. The van der Waals surface area contributed by atoms with Gasteiger partial charge in [-0.2, -0.15) is 0 Å². The molecular weight excluding hydrogens is 285 g/mol. The average molecular weight is 296 g/mol. The first-order chi connectivity index (χ1) is 8.24. The summed E-state index contributed by atoms with van der Waals surface area (Å²) < 4.78 is 18.2. The number of hydrogen-bond acceptors (Lipinski definition) is 2. The number of rotatable bonds is 3. The Labute approximate surface area is 108 Å². The number of methoxy groups -OCH3 is 1. The van der Waals surface area contributed by atoms with E-state index in [4.69, 9.17) is 4.74 Å². The van der Waals surface area contributed by atoms with Gasteiger partial charge in [0.2, 0.25) is 5.88 Å². The van der Waals surface area contributed by atoms with Crippen LogP contribution < -0.4 is 4.74 Å². The molecule has 0 fully saturated rings. The minimum atomic E-state index is -0.251. The molecule has 0 bridgehead atoms. The zero-order valence-electron chi connectivity index (χ0n) is 9.28. The molecule has 0 saturated carbocycles. The molecule has 0 aliphatic heterocycles. The van der Waals surface area contributed by atoms with Crippen molar-refractivity contribution in [1.82, 2.24) is 4.98 Å². The summed E-state index contributed by atoms with van der Waals surface area (Å²) in [5.41, 5.74) is 2.55. The van der Waals surface area contributed by atoms with E-state index in [0.717, 1.165) is 16.8 Å². The van der Waals surface area contributed by atoms with Crippen LogP contribution in [0.15, 0.2) is 36.4 Å². The van der Waals surface area contributed by atoms with E-state index in [1.807, 2.05) is 12.1 Å². The van der Waals surface area contributed by atoms with Crippen molar-refractivity contribution >= 4 is 15.9 Å². The molecule has 0 aliphatic carbocycles. The van der Waals surface area contributed by atoms with Crippen molar-refractivity contribution in [2.75, 3.05) is 7.11 Å². The van der Waals surface area contributed by atoms with E-state index in [-0.39, 0.29) is 5.82 Å². The molecule has 2 rings (SSSR count). The van der Waals surface area contributed by atoms with Gasteiger partial charge < -0.3 is 4.74 Å². The highest BCUT2D eigenvalue weighted by atomic mass is 79.9. The van der Waals surface area contributed by atoms with Gasteiger partial charge in [0.05, 0.1) is 12.8 Å². The molecule has 1 aromatic heterocycles. The normalized spacial score (nSPS) is 10.3. The van der Waals surface area contributed by atoms with Gasteiger partial charge in [0.25, 0.3) is 0 Å². The van der Waals surface area contributed by atoms with Crippen LogP contribution in [0.25, 0.3) is 11.1 Å². The lowest BCUT2D eigenvalue weighted by Crippen LogP contribution is -1.95. The van der Waals surface area contributed by atoms with Crippen LogP contribution in [0.4, 0.5) is 4.39 Å². The maximum atomic E-state index is 13.2. The SMILES string of the molecule is COc1ccc(-c2cccc(F)c2)c(CBr)n1. The summed E-state index contributed by atoms with van der Waals surface area (Å²) >= 11 is 3.38. The Bertz CT molecular complexity index is 531. The first-order valence-electron chi connectivity index (χ1n) is 5.10. The van der Waals surface area contributed by atoms with Crippen molar-refractivity contribution < 1.29 is 9.13 Å². The highest BCUT2D eigenvalue weighted by molar-refractivity contribution is 9.08. The predicted molar refractivity (Wildman–Crippen MR) is 68.8 cm³/mol. The number of pyridine rings is 1. The number of benzene rings is 1. The molecule has 2 aromatic rings. The van der Waals surface area contributed by atoms with E-state index in [1.165, 1.54) is 12.1 Å². The number of halogens is 2. The summed E-state index contributed by atoms with van der Waals surface area (Å²) in [6, 6.07) is 10.1. The van der Waals surface area contributed by atoms with Gasteiger partial charge in [-0.05, 0) is 23.8 Å². The van der Waals surface area contributed by atoms with Gasteiger partial charge in [0.1, 0.15) is 5.82 Å². The fraction of sp³-hybridized carbons (Fsp3) is 0.154. The van der Waals surface area contributed by atoms with Crippen LogP contribution in [0, 0.1) is 5.82 Å². The van der Waals surface area contributed by atoms with Gasteiger partial charge in [-0.15, -0.1) is 0 Å². The highest BCUT2D eigenvalue weighted by Gasteiger charge is 2.08. The third-order valence-electron chi connectivity index (χ3n) is 2.42. The van der Waals surface area contributed by atoms with Gasteiger partial charge >= 0.3 is 0 Å². The molecule has 0 amide bonds. The monoisotopic (exact) mass is 295 g/mol. The molecule has 17 heavy (non-hydrogen) atoms. The van der Waals surface area contributed by atoms with Crippen LogP contribution in [0.3, 0.4) is 0 Å². The number of ether oxygens (including phenoxy) is 1. The average Bonchev–Trinajstić information content (AvgIpc) is 2.38. The number of aromatic nitrogens is 1. The van der Waals surface area contributed by atoms with E-state index in [2.05, 4.69) is 20.9 Å². The second kappa shape index (κ2) is 5.27. The van der Waals surface area contributed by atoms with Crippen molar-refractivity contribution in [3.63, 3.8) is 0 Å². The number of nitrogens with zero attached hydrogens (tertiary/aromatic N) is 1. The first-order valence-corrected chi connectivity index (χ1v) is 6.22. The van der Waals surface area contributed by atoms with Crippen LogP contribution in [-0.4, -0.2) is 12.1 Å². The lowest BCUT2D eigenvalue weighted by molar-refractivity contribution is 0.397. The summed E-state index contributed by atoms with van der Waals surface area (Å²) in [5, 5.41) is 0.593. The third kappa shape index (κ3) is 2.64. The third-order valence-corrected chi connectivity index (χ3v) is 2.95. The molecule has 0 atom stereocenters. The predicted octanol–water partition coefficient (Wildman–Crippen LogP) is 3.79. The molecular formula is C13H11BrFNO. The minimum absolute atomic E-state index is 0.251. The molecule has 1 aromatic carbocycles. The Morgan fingerprint density at radius 1 is 1.29 bits per heavy atom. The lowest BCUT2D eigenvalue weighted by atomic mass is 10.0. The molecule has 0 unspecified atom stereocenters. The largest absolute Gasteiger partial charge is 0.481 e. The molecule has 0 spiro atoms. The molecule has 2 nitrogen and oxygen atoms in total. The fourth-order valence-corrected chi connectivity index (χ4v) is 2.04. The smallest absolute Gasteiger partial charge is 0.213 e. The van der Waals surface area contributed by atoms with Gasteiger partial charge in [-0.1, -0.05) is 28.1 Å². The summed E-state index contributed by atoms with van der Waals surface area (Å²) in [6.07, 6.45) is 0. The topological polar surface area (TPSA) is 22.1 Å². The molecule has 1 heterocycles. The lowest BCUT2D eigenvalue weighted by Gasteiger charge is -2.08. The second-order valence-electron chi connectivity index (χ2n) is 3.49. The Hall–Kier alpha value is -1.42. The Morgan fingerprint density at radius 2 is 2.12 bits per heavy atom. The van der Waals surface area contributed by atoms with E-state index in [1.54, 1.807) is 19.2 Å². The van der Waals surface area contributed by atoms with Gasteiger partial charge in [0.15, 0.2) is 0 Å². The Balaban J connectivity index is 2.51. The second-order valence-corrected chi connectivity index (χ2v) is 4.05. The number of alkyl halides is 1. The van der Waals surface area contributed by atoms with Crippen molar-refractivity contribution in [2.24, 2.45) is 0 Å². The van der Waals surface area contributed by atoms with Gasteiger partial charge in [0, 0.05) is 17.0 Å². The molecule has 0 aliphatic rings. The van der Waals surface area contributed by atoms with Crippen LogP contribution in [0.5, 0.6) is 5.88 Å². The summed E-state index contributed by atoms with van der Waals surface area (Å²) in [7, 11) is 1.57. The highest BCUT2D eigenvalue weighted by Crippen LogP contribution is 2.26. The van der Waals surface area contributed by atoms with Crippen molar-refractivity contribution in [2.45, 2.75) is 5.33 Å². The zero-order valence-corrected chi connectivity index (χ0v) is 10.9. The molecule has 0 N–H and O–H groups in total. The van der Waals surface area contributed by atoms with Gasteiger partial charge in [-0.3, -0.25) is 0 Å². The van der Waals surface area contributed by atoms with Gasteiger partial charge in [-0.25, -0.2) is 9.37 Å². The van der Waals surface area contributed by atoms with Crippen LogP contribution in [0.1, 0.15) is 5.69 Å². The zero-order chi connectivity index (χ0) is 12.3. The standard InChI is InChI=1S/C13H11BrFNO/c1-17-13-6-5-11(12(8-14)16-13)9-3-2-4-10(15)7-9/h2-7H,8H2,1H3. The maximum absolute atomic E-state index is 13.2. The van der Waals surface area contributed by atoms with Crippen LogP contribution in [0.2, 0.25) is 0 Å².